The SMILES string of the molecule is C[C@@]12C[C@@H](c3ccoc3)OC(=O)[C@]1(O)C[C@@H]1OC(=O)[C@@H]3C[C@H](O)C[C@@H]2[C@H]13. The Morgan fingerprint density at radius 1 is 1.19 bits per heavy atom. The van der Waals surface area contributed by atoms with Gasteiger partial charge in [-0.15, -0.1) is 0 Å². The second kappa shape index (κ2) is 5.10. The second-order valence-electron chi connectivity index (χ2n) is 8.53. The van der Waals surface area contributed by atoms with E-state index in [1.165, 1.54) is 12.5 Å². The Labute approximate surface area is 150 Å². The normalized spacial score (nSPS) is 49.8. The minimum atomic E-state index is -1.73. The van der Waals surface area contributed by atoms with E-state index in [-0.39, 0.29) is 30.1 Å². The fourth-order valence-electron chi connectivity index (χ4n) is 5.99. The lowest BCUT2D eigenvalue weighted by Crippen LogP contribution is -2.68. The first-order valence-corrected chi connectivity index (χ1v) is 9.17. The van der Waals surface area contributed by atoms with Crippen molar-refractivity contribution in [3.8, 4) is 0 Å². The van der Waals surface area contributed by atoms with Crippen LogP contribution in [0.25, 0.3) is 0 Å². The lowest BCUT2D eigenvalue weighted by atomic mass is 9.47. The van der Waals surface area contributed by atoms with Crippen molar-refractivity contribution in [1.82, 2.24) is 0 Å². The highest BCUT2D eigenvalue weighted by Crippen LogP contribution is 2.64. The molecular weight excluding hydrogens is 340 g/mol. The summed E-state index contributed by atoms with van der Waals surface area (Å²) in [6.07, 6.45) is 2.71. The third-order valence-corrected chi connectivity index (χ3v) is 7.35. The van der Waals surface area contributed by atoms with Gasteiger partial charge in [-0.05, 0) is 31.2 Å². The maximum Gasteiger partial charge on any atom is 0.339 e. The largest absolute Gasteiger partial charge is 0.472 e. The van der Waals surface area contributed by atoms with Crippen molar-refractivity contribution in [1.29, 1.82) is 0 Å². The number of cyclic esters (lactones) is 1. The highest BCUT2D eigenvalue weighted by molar-refractivity contribution is 5.83. The number of aliphatic hydroxyl groups excluding tert-OH is 1. The molecule has 0 spiro atoms. The summed E-state index contributed by atoms with van der Waals surface area (Å²) in [4.78, 5) is 25.2. The smallest absolute Gasteiger partial charge is 0.339 e. The van der Waals surface area contributed by atoms with Crippen LogP contribution in [0.5, 0.6) is 0 Å². The summed E-state index contributed by atoms with van der Waals surface area (Å²) in [5, 5.41) is 21.8. The van der Waals surface area contributed by atoms with Gasteiger partial charge in [-0.3, -0.25) is 4.79 Å². The molecule has 2 aliphatic heterocycles. The lowest BCUT2D eigenvalue weighted by molar-refractivity contribution is -0.251. The zero-order valence-electron chi connectivity index (χ0n) is 14.5. The number of hydrogen-bond acceptors (Lipinski definition) is 7. The topological polar surface area (TPSA) is 106 Å². The third-order valence-electron chi connectivity index (χ3n) is 7.35. The number of carbonyl (C=O) groups excluding carboxylic acids is 2. The number of esters is 2. The standard InChI is InChI=1S/C19H22O7/c1-18-6-13(9-2-3-24-8-9)26-17(22)19(18,23)7-14-15-11(16(21)25-14)4-10(20)5-12(15)18/h2-3,8,10-15,20,23H,4-7H2,1H3/t10-,11+,12+,13-,14-,15+,18-,19+/m0/s1. The second-order valence-corrected chi connectivity index (χ2v) is 8.53. The van der Waals surface area contributed by atoms with E-state index in [4.69, 9.17) is 13.9 Å². The predicted octanol–water partition coefficient (Wildman–Crippen LogP) is 1.34. The molecule has 1 aromatic heterocycles. The molecule has 140 valence electrons. The van der Waals surface area contributed by atoms with E-state index in [0.717, 1.165) is 5.56 Å². The van der Waals surface area contributed by atoms with Gasteiger partial charge in [-0.2, -0.15) is 0 Å². The number of rotatable bonds is 1. The number of carbonyl (C=O) groups is 2. The van der Waals surface area contributed by atoms with Crippen molar-refractivity contribution in [3.63, 3.8) is 0 Å². The summed E-state index contributed by atoms with van der Waals surface area (Å²) in [5.74, 6) is -1.65. The molecule has 2 saturated carbocycles. The molecule has 2 saturated heterocycles. The van der Waals surface area contributed by atoms with E-state index in [0.29, 0.717) is 19.3 Å². The monoisotopic (exact) mass is 362 g/mol. The molecule has 4 fully saturated rings. The Kier molecular flexibility index (Phi) is 3.20. The predicted molar refractivity (Wildman–Crippen MR) is 85.4 cm³/mol. The molecule has 1 aromatic rings. The first-order chi connectivity index (χ1) is 12.3. The van der Waals surface area contributed by atoms with Gasteiger partial charge < -0.3 is 24.1 Å². The van der Waals surface area contributed by atoms with Crippen LogP contribution < -0.4 is 0 Å². The van der Waals surface area contributed by atoms with Crippen LogP contribution in [0.15, 0.2) is 23.0 Å². The van der Waals surface area contributed by atoms with Crippen LogP contribution in [0, 0.1) is 23.2 Å². The Balaban J connectivity index is 1.59. The van der Waals surface area contributed by atoms with E-state index in [1.54, 1.807) is 6.07 Å². The van der Waals surface area contributed by atoms with Crippen molar-refractivity contribution in [3.05, 3.63) is 24.2 Å². The van der Waals surface area contributed by atoms with Crippen molar-refractivity contribution in [2.45, 2.75) is 56.5 Å². The van der Waals surface area contributed by atoms with Crippen LogP contribution in [0.3, 0.4) is 0 Å². The van der Waals surface area contributed by atoms with E-state index in [2.05, 4.69) is 0 Å². The maximum atomic E-state index is 12.9. The number of ether oxygens (including phenoxy) is 2. The van der Waals surface area contributed by atoms with Gasteiger partial charge in [0, 0.05) is 23.3 Å². The van der Waals surface area contributed by atoms with Gasteiger partial charge in [0.05, 0.1) is 24.5 Å². The highest BCUT2D eigenvalue weighted by Gasteiger charge is 2.71. The first-order valence-electron chi connectivity index (χ1n) is 9.17. The molecule has 0 aromatic carbocycles. The minimum Gasteiger partial charge on any atom is -0.472 e. The Morgan fingerprint density at radius 2 is 2.00 bits per heavy atom. The molecule has 0 unspecified atom stereocenters. The Bertz CT molecular complexity index is 758. The summed E-state index contributed by atoms with van der Waals surface area (Å²) in [6.45, 7) is 1.89. The molecule has 0 amide bonds. The average Bonchev–Trinajstić information content (AvgIpc) is 3.21. The average molecular weight is 362 g/mol. The third kappa shape index (κ3) is 1.90. The van der Waals surface area contributed by atoms with Crippen LogP contribution in [0.1, 0.15) is 44.3 Å². The zero-order chi connectivity index (χ0) is 18.3. The van der Waals surface area contributed by atoms with Crippen LogP contribution in [-0.4, -0.2) is 40.0 Å². The maximum absolute atomic E-state index is 12.9. The van der Waals surface area contributed by atoms with E-state index < -0.39 is 35.3 Å². The first kappa shape index (κ1) is 16.3. The summed E-state index contributed by atoms with van der Waals surface area (Å²) in [5.41, 5.74) is -1.81. The molecule has 2 N–H and O–H groups in total. The minimum absolute atomic E-state index is 0.0555. The van der Waals surface area contributed by atoms with E-state index in [1.807, 2.05) is 6.92 Å². The van der Waals surface area contributed by atoms with Gasteiger partial charge >= 0.3 is 11.9 Å². The van der Waals surface area contributed by atoms with Crippen LogP contribution in [-0.2, 0) is 19.1 Å². The van der Waals surface area contributed by atoms with Gasteiger partial charge in [-0.25, -0.2) is 4.79 Å². The van der Waals surface area contributed by atoms with Gasteiger partial charge in [0.2, 0.25) is 0 Å². The van der Waals surface area contributed by atoms with Crippen molar-refractivity contribution in [2.75, 3.05) is 0 Å². The lowest BCUT2D eigenvalue weighted by Gasteiger charge is -2.60. The highest BCUT2D eigenvalue weighted by atomic mass is 16.6. The summed E-state index contributed by atoms with van der Waals surface area (Å²) >= 11 is 0. The molecule has 3 heterocycles. The van der Waals surface area contributed by atoms with Crippen LogP contribution in [0.4, 0.5) is 0 Å². The Hall–Kier alpha value is -1.86. The Morgan fingerprint density at radius 3 is 2.73 bits per heavy atom. The molecule has 8 atom stereocenters. The van der Waals surface area contributed by atoms with Crippen molar-refractivity contribution >= 4 is 11.9 Å². The summed E-state index contributed by atoms with van der Waals surface area (Å²) in [7, 11) is 0. The molecule has 0 bridgehead atoms. The fraction of sp³-hybridized carbons (Fsp3) is 0.684. The molecule has 7 heteroatoms. The quantitative estimate of drug-likeness (QED) is 0.726. The van der Waals surface area contributed by atoms with Crippen LogP contribution >= 0.6 is 0 Å². The summed E-state index contributed by atoms with van der Waals surface area (Å²) < 4.78 is 16.2. The van der Waals surface area contributed by atoms with Gasteiger partial charge in [-0.1, -0.05) is 6.92 Å². The molecule has 0 radical (unpaired) electrons. The molecule has 5 rings (SSSR count). The number of hydrogen-bond donors (Lipinski definition) is 2. The van der Waals surface area contributed by atoms with Crippen molar-refractivity contribution in [2.24, 2.45) is 23.2 Å². The van der Waals surface area contributed by atoms with Crippen molar-refractivity contribution < 1.29 is 33.7 Å². The summed E-state index contributed by atoms with van der Waals surface area (Å²) in [6, 6.07) is 1.75. The van der Waals surface area contributed by atoms with Gasteiger partial charge in [0.15, 0.2) is 5.60 Å². The van der Waals surface area contributed by atoms with E-state index in [9.17, 15) is 19.8 Å². The number of aliphatic hydroxyl groups is 2. The van der Waals surface area contributed by atoms with E-state index >= 15 is 0 Å². The molecule has 4 aliphatic rings. The number of furan rings is 1. The zero-order valence-corrected chi connectivity index (χ0v) is 14.5. The van der Waals surface area contributed by atoms with Gasteiger partial charge in [0.1, 0.15) is 12.2 Å². The molecule has 2 aliphatic carbocycles. The molecule has 7 nitrogen and oxygen atoms in total. The van der Waals surface area contributed by atoms with Gasteiger partial charge in [0.25, 0.3) is 0 Å². The number of fused-ring (bicyclic) bond motifs is 2. The molecule has 26 heavy (non-hydrogen) atoms. The molecular formula is C19H22O7. The van der Waals surface area contributed by atoms with Crippen LogP contribution in [0.2, 0.25) is 0 Å². The fourth-order valence-corrected chi connectivity index (χ4v) is 5.99.